The molecule has 3 rings (SSSR count). The Hall–Kier alpha value is -3.22. The summed E-state index contributed by atoms with van der Waals surface area (Å²) in [5.41, 5.74) is 1.92. The molecule has 7 heteroatoms. The lowest BCUT2D eigenvalue weighted by Gasteiger charge is -2.39. The summed E-state index contributed by atoms with van der Waals surface area (Å²) >= 11 is 0. The lowest BCUT2D eigenvalue weighted by Crippen LogP contribution is -2.62. The van der Waals surface area contributed by atoms with Crippen molar-refractivity contribution >= 4 is 12.1 Å². The second kappa shape index (κ2) is 8.93. The van der Waals surface area contributed by atoms with E-state index in [-0.39, 0.29) is 18.7 Å². The van der Waals surface area contributed by atoms with E-state index in [1.807, 2.05) is 54.6 Å². The molecule has 0 unspecified atom stereocenters. The van der Waals surface area contributed by atoms with E-state index in [0.29, 0.717) is 19.6 Å². The van der Waals surface area contributed by atoms with Gasteiger partial charge in [0.05, 0.1) is 13.2 Å². The summed E-state index contributed by atoms with van der Waals surface area (Å²) in [7, 11) is 1.61. The van der Waals surface area contributed by atoms with Gasteiger partial charge in [-0.1, -0.05) is 42.5 Å². The van der Waals surface area contributed by atoms with Crippen LogP contribution in [0.4, 0.5) is 9.59 Å². The lowest BCUT2D eigenvalue weighted by atomic mass is 10.1. The van der Waals surface area contributed by atoms with Crippen LogP contribution >= 0.6 is 0 Å². The molecule has 1 aliphatic rings. The van der Waals surface area contributed by atoms with E-state index in [4.69, 9.17) is 9.47 Å². The molecule has 2 aromatic carbocycles. The number of methoxy groups -OCH3 is 1. The van der Waals surface area contributed by atoms with Crippen LogP contribution in [0.5, 0.6) is 5.75 Å². The van der Waals surface area contributed by atoms with E-state index < -0.39 is 6.09 Å². The fourth-order valence-electron chi connectivity index (χ4n) is 2.70. The van der Waals surface area contributed by atoms with Crippen molar-refractivity contribution < 1.29 is 19.1 Å². The molecule has 1 heterocycles. The van der Waals surface area contributed by atoms with Gasteiger partial charge in [0.1, 0.15) is 12.4 Å². The van der Waals surface area contributed by atoms with Crippen LogP contribution < -0.4 is 15.4 Å². The van der Waals surface area contributed by atoms with E-state index in [1.165, 1.54) is 0 Å². The number of likely N-dealkylation sites (tertiary alicyclic amines) is 1. The summed E-state index contributed by atoms with van der Waals surface area (Å²) in [6.45, 7) is 1.60. The molecule has 0 saturated carbocycles. The maximum atomic E-state index is 12.1. The van der Waals surface area contributed by atoms with Crippen molar-refractivity contribution in [3.05, 3.63) is 65.7 Å². The van der Waals surface area contributed by atoms with Crippen LogP contribution in [0, 0.1) is 0 Å². The Morgan fingerprint density at radius 1 is 1.04 bits per heavy atom. The van der Waals surface area contributed by atoms with E-state index in [2.05, 4.69) is 10.6 Å². The van der Waals surface area contributed by atoms with E-state index in [1.54, 1.807) is 12.0 Å². The van der Waals surface area contributed by atoms with Crippen LogP contribution in [-0.2, 0) is 17.9 Å². The van der Waals surface area contributed by atoms with Crippen molar-refractivity contribution in [1.29, 1.82) is 0 Å². The lowest BCUT2D eigenvalue weighted by molar-refractivity contribution is 0.108. The Morgan fingerprint density at radius 2 is 1.74 bits per heavy atom. The number of hydrogen-bond donors (Lipinski definition) is 2. The highest BCUT2D eigenvalue weighted by Crippen LogP contribution is 2.12. The summed E-state index contributed by atoms with van der Waals surface area (Å²) in [5, 5.41) is 5.62. The molecule has 2 aromatic rings. The number of ether oxygens (including phenoxy) is 2. The second-order valence-corrected chi connectivity index (χ2v) is 6.31. The summed E-state index contributed by atoms with van der Waals surface area (Å²) in [4.78, 5) is 25.6. The van der Waals surface area contributed by atoms with Crippen LogP contribution in [0.15, 0.2) is 54.6 Å². The van der Waals surface area contributed by atoms with Gasteiger partial charge in [-0.15, -0.1) is 0 Å². The first-order valence-electron chi connectivity index (χ1n) is 8.77. The Bertz CT molecular complexity index is 759. The number of carbonyl (C=O) groups is 2. The highest BCUT2D eigenvalue weighted by molar-refractivity contribution is 5.76. The minimum absolute atomic E-state index is 0.0833. The number of carbonyl (C=O) groups excluding carboxylic acids is 2. The molecular weight excluding hydrogens is 346 g/mol. The Balaban J connectivity index is 1.32. The van der Waals surface area contributed by atoms with Gasteiger partial charge in [-0.2, -0.15) is 0 Å². The minimum Gasteiger partial charge on any atom is -0.497 e. The molecule has 1 fully saturated rings. The summed E-state index contributed by atoms with van der Waals surface area (Å²) in [6, 6.07) is 16.8. The molecule has 142 valence electrons. The van der Waals surface area contributed by atoms with Gasteiger partial charge in [0.2, 0.25) is 0 Å². The predicted molar refractivity (Wildman–Crippen MR) is 100 cm³/mol. The quantitative estimate of drug-likeness (QED) is 0.820. The minimum atomic E-state index is -0.470. The fourth-order valence-corrected chi connectivity index (χ4v) is 2.70. The molecular formula is C20H23N3O4. The van der Waals surface area contributed by atoms with Crippen molar-refractivity contribution in [3.8, 4) is 5.75 Å². The topological polar surface area (TPSA) is 79.9 Å². The monoisotopic (exact) mass is 369 g/mol. The Kier molecular flexibility index (Phi) is 6.14. The molecule has 0 aliphatic carbocycles. The van der Waals surface area contributed by atoms with E-state index >= 15 is 0 Å². The molecule has 0 bridgehead atoms. The third-order valence-corrected chi connectivity index (χ3v) is 4.31. The third-order valence-electron chi connectivity index (χ3n) is 4.31. The normalized spacial score (nSPS) is 13.4. The molecule has 0 radical (unpaired) electrons. The van der Waals surface area contributed by atoms with Crippen molar-refractivity contribution in [2.75, 3.05) is 20.2 Å². The molecule has 0 aromatic heterocycles. The largest absolute Gasteiger partial charge is 0.497 e. The number of nitrogens with zero attached hydrogens (tertiary/aromatic N) is 1. The predicted octanol–water partition coefficient (Wildman–Crippen LogP) is 2.52. The van der Waals surface area contributed by atoms with Crippen molar-refractivity contribution in [2.45, 2.75) is 19.2 Å². The van der Waals surface area contributed by atoms with Gasteiger partial charge >= 0.3 is 12.1 Å². The molecule has 2 N–H and O–H groups in total. The Labute approximate surface area is 158 Å². The van der Waals surface area contributed by atoms with Crippen LogP contribution in [0.1, 0.15) is 11.1 Å². The van der Waals surface area contributed by atoms with Crippen molar-refractivity contribution in [1.82, 2.24) is 15.5 Å². The van der Waals surface area contributed by atoms with Crippen LogP contribution in [-0.4, -0.2) is 43.3 Å². The third kappa shape index (κ3) is 5.37. The zero-order valence-corrected chi connectivity index (χ0v) is 15.2. The van der Waals surface area contributed by atoms with Gasteiger partial charge in [-0.05, 0) is 23.3 Å². The SMILES string of the molecule is COc1ccc(CNC(=O)N2CC(NC(=O)OCc3ccccc3)C2)cc1. The number of hydrogen-bond acceptors (Lipinski definition) is 4. The average molecular weight is 369 g/mol. The number of urea groups is 1. The van der Waals surface area contributed by atoms with Gasteiger partial charge in [0.15, 0.2) is 0 Å². The number of benzene rings is 2. The summed E-state index contributed by atoms with van der Waals surface area (Å²) in [5.74, 6) is 0.779. The molecule has 1 saturated heterocycles. The summed E-state index contributed by atoms with van der Waals surface area (Å²) in [6.07, 6.45) is -0.470. The van der Waals surface area contributed by atoms with Gasteiger partial charge in [-0.3, -0.25) is 0 Å². The fraction of sp³-hybridized carbons (Fsp3) is 0.300. The second-order valence-electron chi connectivity index (χ2n) is 6.31. The van der Waals surface area contributed by atoms with Gasteiger partial charge in [0.25, 0.3) is 0 Å². The first-order valence-corrected chi connectivity index (χ1v) is 8.77. The van der Waals surface area contributed by atoms with E-state index in [9.17, 15) is 9.59 Å². The smallest absolute Gasteiger partial charge is 0.407 e. The highest BCUT2D eigenvalue weighted by Gasteiger charge is 2.31. The van der Waals surface area contributed by atoms with Crippen molar-refractivity contribution in [2.24, 2.45) is 0 Å². The molecule has 0 spiro atoms. The van der Waals surface area contributed by atoms with Crippen LogP contribution in [0.25, 0.3) is 0 Å². The molecule has 0 atom stereocenters. The number of alkyl carbamates (subject to hydrolysis) is 1. The van der Waals surface area contributed by atoms with Gasteiger partial charge in [-0.25, -0.2) is 9.59 Å². The average Bonchev–Trinajstić information content (AvgIpc) is 2.68. The molecule has 27 heavy (non-hydrogen) atoms. The molecule has 1 aliphatic heterocycles. The maximum Gasteiger partial charge on any atom is 0.407 e. The standard InChI is InChI=1S/C20H23N3O4/c1-26-18-9-7-15(8-10-18)11-21-19(24)23-12-17(13-23)22-20(25)27-14-16-5-3-2-4-6-16/h2-10,17H,11-14H2,1H3,(H,21,24)(H,22,25). The van der Waals surface area contributed by atoms with Crippen LogP contribution in [0.3, 0.4) is 0 Å². The first kappa shape index (κ1) is 18.6. The number of nitrogens with one attached hydrogen (secondary N) is 2. The zero-order valence-electron chi connectivity index (χ0n) is 15.2. The Morgan fingerprint density at radius 3 is 2.41 bits per heavy atom. The van der Waals surface area contributed by atoms with Crippen molar-refractivity contribution in [3.63, 3.8) is 0 Å². The first-order chi connectivity index (χ1) is 13.1. The van der Waals surface area contributed by atoms with Gasteiger partial charge in [0, 0.05) is 19.6 Å². The van der Waals surface area contributed by atoms with Crippen LogP contribution in [0.2, 0.25) is 0 Å². The van der Waals surface area contributed by atoms with E-state index in [0.717, 1.165) is 16.9 Å². The summed E-state index contributed by atoms with van der Waals surface area (Å²) < 4.78 is 10.3. The number of amides is 3. The number of rotatable bonds is 6. The van der Waals surface area contributed by atoms with Gasteiger partial charge < -0.3 is 25.0 Å². The molecule has 7 nitrogen and oxygen atoms in total. The molecule has 3 amide bonds. The zero-order chi connectivity index (χ0) is 19.1. The highest BCUT2D eigenvalue weighted by atomic mass is 16.5. The maximum absolute atomic E-state index is 12.1.